The molecule has 2 aromatic heterocycles. The van der Waals surface area contributed by atoms with E-state index in [4.69, 9.17) is 14.2 Å². The van der Waals surface area contributed by atoms with Crippen LogP contribution in [0.3, 0.4) is 0 Å². The number of aromatic nitrogens is 2. The number of nitrogens with zero attached hydrogens (tertiary/aromatic N) is 4. The minimum atomic E-state index is -0.169. The summed E-state index contributed by atoms with van der Waals surface area (Å²) in [6.45, 7) is 4.81. The lowest BCUT2D eigenvalue weighted by molar-refractivity contribution is -0.132. The smallest absolute Gasteiger partial charge is 0.237 e. The van der Waals surface area contributed by atoms with E-state index in [9.17, 15) is 4.79 Å². The summed E-state index contributed by atoms with van der Waals surface area (Å²) >= 11 is 1.59. The Morgan fingerprint density at radius 2 is 1.97 bits per heavy atom. The summed E-state index contributed by atoms with van der Waals surface area (Å²) in [7, 11) is 3.27. The van der Waals surface area contributed by atoms with Crippen molar-refractivity contribution in [3.05, 3.63) is 69.9 Å². The van der Waals surface area contributed by atoms with E-state index >= 15 is 0 Å². The first-order valence-corrected chi connectivity index (χ1v) is 12.1. The van der Waals surface area contributed by atoms with Gasteiger partial charge in [-0.15, -0.1) is 11.3 Å². The van der Waals surface area contributed by atoms with Gasteiger partial charge >= 0.3 is 0 Å². The molecule has 4 rings (SSSR count). The van der Waals surface area contributed by atoms with Crippen LogP contribution in [0.4, 0.5) is 0 Å². The molecule has 1 amide bonds. The summed E-state index contributed by atoms with van der Waals surface area (Å²) in [5, 5.41) is 3.01. The Kier molecular flexibility index (Phi) is 8.10. The zero-order chi connectivity index (χ0) is 23.9. The molecule has 180 valence electrons. The number of hydrogen-bond acceptors (Lipinski definition) is 8. The maximum absolute atomic E-state index is 13.2. The number of benzene rings is 1. The van der Waals surface area contributed by atoms with E-state index in [0.717, 1.165) is 33.5 Å². The number of ether oxygens (including phenoxy) is 3. The molecule has 1 aromatic carbocycles. The van der Waals surface area contributed by atoms with E-state index in [1.54, 1.807) is 31.8 Å². The number of carbonyl (C=O) groups is 1. The van der Waals surface area contributed by atoms with E-state index < -0.39 is 0 Å². The lowest BCUT2D eigenvalue weighted by Gasteiger charge is -2.25. The van der Waals surface area contributed by atoms with Crippen molar-refractivity contribution in [3.8, 4) is 11.5 Å². The number of amides is 1. The van der Waals surface area contributed by atoms with Gasteiger partial charge in [0.15, 0.2) is 0 Å². The van der Waals surface area contributed by atoms with Gasteiger partial charge in [0.1, 0.15) is 11.5 Å². The van der Waals surface area contributed by atoms with Crippen LogP contribution < -0.4 is 9.47 Å². The van der Waals surface area contributed by atoms with Crippen molar-refractivity contribution in [3.63, 3.8) is 0 Å². The van der Waals surface area contributed by atoms with Gasteiger partial charge in [-0.2, -0.15) is 0 Å². The normalized spacial score (nSPS) is 17.0. The Labute approximate surface area is 204 Å². The highest BCUT2D eigenvalue weighted by Gasteiger charge is 2.29. The van der Waals surface area contributed by atoms with Gasteiger partial charge in [0.2, 0.25) is 5.91 Å². The van der Waals surface area contributed by atoms with Gasteiger partial charge in [-0.05, 0) is 25.1 Å². The van der Waals surface area contributed by atoms with Crippen LogP contribution in [-0.2, 0) is 29.2 Å². The highest BCUT2D eigenvalue weighted by atomic mass is 32.1. The monoisotopic (exact) mass is 482 g/mol. The molecule has 1 aliphatic heterocycles. The summed E-state index contributed by atoms with van der Waals surface area (Å²) in [6, 6.07) is 11.5. The third-order valence-corrected chi connectivity index (χ3v) is 6.52. The topological polar surface area (TPSA) is 77.0 Å². The number of thiazole rings is 1. The maximum atomic E-state index is 13.2. The standard InChI is InChI=1S/C25H30N4O4S/c1-18-27-21(17-34-18)12-29-14-23(33-16-20-6-4-5-9-26-20)13-28(15-25(29)30)11-19-7-8-22(31-2)10-24(19)32-3/h4-10,17,23H,11-16H2,1-3H3. The molecule has 1 fully saturated rings. The number of rotatable bonds is 9. The van der Waals surface area contributed by atoms with Crippen LogP contribution in [0.1, 0.15) is 22.0 Å². The van der Waals surface area contributed by atoms with E-state index in [0.29, 0.717) is 39.3 Å². The summed E-state index contributed by atoms with van der Waals surface area (Å²) in [6.07, 6.45) is 1.59. The summed E-state index contributed by atoms with van der Waals surface area (Å²) in [5.74, 6) is 1.52. The number of hydrogen-bond donors (Lipinski definition) is 0. The molecule has 1 atom stereocenters. The van der Waals surface area contributed by atoms with Crippen LogP contribution >= 0.6 is 11.3 Å². The first kappa shape index (κ1) is 24.1. The van der Waals surface area contributed by atoms with Crippen molar-refractivity contribution in [2.75, 3.05) is 33.9 Å². The Hall–Kier alpha value is -3.01. The third kappa shape index (κ3) is 6.31. The SMILES string of the molecule is COc1ccc(CN2CC(=O)N(Cc3csc(C)n3)CC(OCc3ccccn3)C2)c(OC)c1. The Balaban J connectivity index is 1.52. The molecule has 8 nitrogen and oxygen atoms in total. The zero-order valence-electron chi connectivity index (χ0n) is 19.8. The molecular formula is C25H30N4O4S. The Bertz CT molecular complexity index is 1090. The van der Waals surface area contributed by atoms with E-state index in [1.165, 1.54) is 0 Å². The number of aryl methyl sites for hydroxylation is 1. The molecule has 0 aliphatic carbocycles. The highest BCUT2D eigenvalue weighted by Crippen LogP contribution is 2.26. The number of pyridine rings is 1. The van der Waals surface area contributed by atoms with Gasteiger partial charge in [0.05, 0.1) is 56.4 Å². The van der Waals surface area contributed by atoms with Crippen LogP contribution in [0, 0.1) is 6.92 Å². The van der Waals surface area contributed by atoms with Gasteiger partial charge in [-0.1, -0.05) is 12.1 Å². The summed E-state index contributed by atoms with van der Waals surface area (Å²) in [4.78, 5) is 26.1. The molecule has 9 heteroatoms. The molecule has 0 N–H and O–H groups in total. The predicted molar refractivity (Wildman–Crippen MR) is 130 cm³/mol. The molecule has 0 spiro atoms. The van der Waals surface area contributed by atoms with Gasteiger partial charge < -0.3 is 19.1 Å². The molecule has 34 heavy (non-hydrogen) atoms. The van der Waals surface area contributed by atoms with Gasteiger partial charge in [0.25, 0.3) is 0 Å². The van der Waals surface area contributed by atoms with Crippen LogP contribution in [0.25, 0.3) is 0 Å². The van der Waals surface area contributed by atoms with Crippen molar-refractivity contribution in [1.82, 2.24) is 19.8 Å². The lowest BCUT2D eigenvalue weighted by Crippen LogP contribution is -2.37. The number of carbonyl (C=O) groups excluding carboxylic acids is 1. The minimum absolute atomic E-state index is 0.0575. The summed E-state index contributed by atoms with van der Waals surface area (Å²) in [5.41, 5.74) is 2.76. The second kappa shape index (κ2) is 11.4. The average Bonchev–Trinajstić information content (AvgIpc) is 3.20. The van der Waals surface area contributed by atoms with E-state index in [2.05, 4.69) is 14.9 Å². The molecule has 0 bridgehead atoms. The van der Waals surface area contributed by atoms with Crippen molar-refractivity contribution >= 4 is 17.2 Å². The lowest BCUT2D eigenvalue weighted by atomic mass is 10.1. The van der Waals surface area contributed by atoms with Crippen LogP contribution in [0.5, 0.6) is 11.5 Å². The zero-order valence-corrected chi connectivity index (χ0v) is 20.6. The molecular weight excluding hydrogens is 452 g/mol. The van der Waals surface area contributed by atoms with Crippen molar-refractivity contribution in [1.29, 1.82) is 0 Å². The van der Waals surface area contributed by atoms with Gasteiger partial charge in [-0.25, -0.2) is 4.98 Å². The maximum Gasteiger partial charge on any atom is 0.237 e. The van der Waals surface area contributed by atoms with Gasteiger partial charge in [0, 0.05) is 42.8 Å². The highest BCUT2D eigenvalue weighted by molar-refractivity contribution is 7.09. The second-order valence-corrected chi connectivity index (χ2v) is 9.30. The fourth-order valence-corrected chi connectivity index (χ4v) is 4.62. The average molecular weight is 483 g/mol. The predicted octanol–water partition coefficient (Wildman–Crippen LogP) is 3.29. The fraction of sp³-hybridized carbons (Fsp3) is 0.400. The van der Waals surface area contributed by atoms with Crippen molar-refractivity contribution in [2.45, 2.75) is 32.7 Å². The fourth-order valence-electron chi connectivity index (χ4n) is 4.01. The first-order valence-electron chi connectivity index (χ1n) is 11.2. The van der Waals surface area contributed by atoms with Crippen molar-refractivity contribution in [2.24, 2.45) is 0 Å². The summed E-state index contributed by atoms with van der Waals surface area (Å²) < 4.78 is 17.2. The van der Waals surface area contributed by atoms with Crippen LogP contribution in [0.15, 0.2) is 48.0 Å². The first-order chi connectivity index (χ1) is 16.5. The van der Waals surface area contributed by atoms with E-state index in [1.807, 2.05) is 53.6 Å². The molecule has 3 heterocycles. The molecule has 1 unspecified atom stereocenters. The molecule has 1 aliphatic rings. The third-order valence-electron chi connectivity index (χ3n) is 5.70. The Morgan fingerprint density at radius 3 is 2.68 bits per heavy atom. The second-order valence-electron chi connectivity index (χ2n) is 8.23. The van der Waals surface area contributed by atoms with E-state index in [-0.39, 0.29) is 12.0 Å². The largest absolute Gasteiger partial charge is 0.497 e. The molecule has 0 radical (unpaired) electrons. The Morgan fingerprint density at radius 1 is 1.09 bits per heavy atom. The quantitative estimate of drug-likeness (QED) is 0.463. The molecule has 0 saturated carbocycles. The molecule has 1 saturated heterocycles. The van der Waals surface area contributed by atoms with Gasteiger partial charge in [-0.3, -0.25) is 14.7 Å². The minimum Gasteiger partial charge on any atom is -0.497 e. The number of methoxy groups -OCH3 is 2. The van der Waals surface area contributed by atoms with Crippen molar-refractivity contribution < 1.29 is 19.0 Å². The van der Waals surface area contributed by atoms with Crippen LogP contribution in [-0.4, -0.2) is 65.6 Å². The molecule has 3 aromatic rings. The van der Waals surface area contributed by atoms with Crippen LogP contribution in [0.2, 0.25) is 0 Å².